The van der Waals surface area contributed by atoms with Crippen LogP contribution in [0.5, 0.6) is 0 Å². The van der Waals surface area contributed by atoms with E-state index in [-0.39, 0.29) is 24.4 Å². The minimum atomic E-state index is -0.677. The summed E-state index contributed by atoms with van der Waals surface area (Å²) in [5, 5.41) is 0. The van der Waals surface area contributed by atoms with Gasteiger partial charge in [0.2, 0.25) is 0 Å². The Bertz CT molecular complexity index is 421. The maximum Gasteiger partial charge on any atom is 0.190 e. The number of ether oxygens (including phenoxy) is 6. The van der Waals surface area contributed by atoms with Crippen molar-refractivity contribution in [1.29, 1.82) is 0 Å². The van der Waals surface area contributed by atoms with Gasteiger partial charge >= 0.3 is 0 Å². The lowest BCUT2D eigenvalue weighted by atomic mass is 9.99. The van der Waals surface area contributed by atoms with E-state index in [1.807, 2.05) is 27.7 Å². The summed E-state index contributed by atoms with van der Waals surface area (Å²) in [5.74, 6) is -0.708. The average Bonchev–Trinajstić information content (AvgIpc) is 2.88. The predicted molar refractivity (Wildman–Crippen MR) is 82.8 cm³/mol. The van der Waals surface area contributed by atoms with Gasteiger partial charge in [0.1, 0.15) is 24.4 Å². The van der Waals surface area contributed by atoms with E-state index in [1.165, 1.54) is 0 Å². The van der Waals surface area contributed by atoms with E-state index in [0.29, 0.717) is 12.5 Å². The van der Waals surface area contributed by atoms with Crippen molar-refractivity contribution in [2.24, 2.45) is 5.92 Å². The molecular weight excluding hydrogens is 300 g/mol. The van der Waals surface area contributed by atoms with Crippen LogP contribution >= 0.6 is 0 Å². The molecular formula is C17H30O6. The lowest BCUT2D eigenvalue weighted by molar-refractivity contribution is -0.243. The Kier molecular flexibility index (Phi) is 4.77. The number of rotatable bonds is 5. The molecule has 6 nitrogen and oxygen atoms in total. The summed E-state index contributed by atoms with van der Waals surface area (Å²) in [4.78, 5) is 0. The highest BCUT2D eigenvalue weighted by Crippen LogP contribution is 2.44. The smallest absolute Gasteiger partial charge is 0.190 e. The average molecular weight is 330 g/mol. The third-order valence-corrected chi connectivity index (χ3v) is 4.37. The SMILES string of the molecule is CC(C)CCOC[C@@H]1O[C@@H]2OC(C)(C)O[C@@H]2[C@H]2OC(C)(C)O[C@@H]21. The summed E-state index contributed by atoms with van der Waals surface area (Å²) in [6, 6.07) is 0. The molecule has 3 saturated heterocycles. The lowest BCUT2D eigenvalue weighted by Gasteiger charge is -2.37. The van der Waals surface area contributed by atoms with E-state index >= 15 is 0 Å². The van der Waals surface area contributed by atoms with Crippen molar-refractivity contribution in [1.82, 2.24) is 0 Å². The van der Waals surface area contributed by atoms with Crippen molar-refractivity contribution in [2.45, 2.75) is 90.2 Å². The van der Waals surface area contributed by atoms with Gasteiger partial charge in [0.15, 0.2) is 17.9 Å². The zero-order valence-corrected chi connectivity index (χ0v) is 15.0. The molecule has 3 fully saturated rings. The molecule has 3 aliphatic rings. The van der Waals surface area contributed by atoms with Crippen LogP contribution in [0.25, 0.3) is 0 Å². The first kappa shape index (κ1) is 17.6. The molecule has 0 spiro atoms. The fourth-order valence-electron chi connectivity index (χ4n) is 3.35. The van der Waals surface area contributed by atoms with Gasteiger partial charge in [0.05, 0.1) is 6.61 Å². The normalized spacial score (nSPS) is 41.1. The lowest BCUT2D eigenvalue weighted by Crippen LogP contribution is -2.56. The number of hydrogen-bond acceptors (Lipinski definition) is 6. The third-order valence-electron chi connectivity index (χ3n) is 4.37. The van der Waals surface area contributed by atoms with E-state index < -0.39 is 17.9 Å². The van der Waals surface area contributed by atoms with Gasteiger partial charge in [-0.15, -0.1) is 0 Å². The first-order chi connectivity index (χ1) is 10.7. The number of fused-ring (bicyclic) bond motifs is 3. The monoisotopic (exact) mass is 330 g/mol. The molecule has 0 aromatic heterocycles. The van der Waals surface area contributed by atoms with Gasteiger partial charge in [0, 0.05) is 6.61 Å². The Labute approximate surface area is 138 Å². The summed E-state index contributed by atoms with van der Waals surface area (Å²) < 4.78 is 35.9. The van der Waals surface area contributed by atoms with Crippen LogP contribution in [0.15, 0.2) is 0 Å². The molecule has 0 N–H and O–H groups in total. The third kappa shape index (κ3) is 3.89. The van der Waals surface area contributed by atoms with Gasteiger partial charge in [0.25, 0.3) is 0 Å². The van der Waals surface area contributed by atoms with Crippen LogP contribution in [-0.4, -0.2) is 55.5 Å². The zero-order valence-electron chi connectivity index (χ0n) is 15.0. The fourth-order valence-corrected chi connectivity index (χ4v) is 3.35. The van der Waals surface area contributed by atoms with Crippen molar-refractivity contribution in [3.63, 3.8) is 0 Å². The molecule has 0 amide bonds. The molecule has 0 aromatic rings. The number of hydrogen-bond donors (Lipinski definition) is 0. The van der Waals surface area contributed by atoms with Gasteiger partial charge in [-0.05, 0) is 40.0 Å². The highest BCUT2D eigenvalue weighted by Gasteiger charge is 2.60. The van der Waals surface area contributed by atoms with Crippen LogP contribution in [0.4, 0.5) is 0 Å². The Balaban J connectivity index is 1.66. The first-order valence-electron chi connectivity index (χ1n) is 8.61. The topological polar surface area (TPSA) is 55.4 Å². The molecule has 0 unspecified atom stereocenters. The van der Waals surface area contributed by atoms with Crippen LogP contribution in [0.3, 0.4) is 0 Å². The molecule has 3 aliphatic heterocycles. The largest absolute Gasteiger partial charge is 0.379 e. The second kappa shape index (κ2) is 6.24. The Morgan fingerprint density at radius 1 is 0.870 bits per heavy atom. The molecule has 0 radical (unpaired) electrons. The van der Waals surface area contributed by atoms with Gasteiger partial charge in [-0.3, -0.25) is 0 Å². The fraction of sp³-hybridized carbons (Fsp3) is 1.00. The van der Waals surface area contributed by atoms with Crippen LogP contribution < -0.4 is 0 Å². The Morgan fingerprint density at radius 2 is 1.48 bits per heavy atom. The molecule has 0 aliphatic carbocycles. The van der Waals surface area contributed by atoms with Gasteiger partial charge in [-0.2, -0.15) is 0 Å². The van der Waals surface area contributed by atoms with Crippen LogP contribution in [0, 0.1) is 5.92 Å². The van der Waals surface area contributed by atoms with Gasteiger partial charge in [-0.25, -0.2) is 0 Å². The standard InChI is InChI=1S/C17H30O6/c1-10(2)7-8-18-9-11-12-13(21-16(3,4)20-12)14-15(19-11)23-17(5,6)22-14/h10-15H,7-9H2,1-6H3/t11-,12+,13-,14+,15+/m0/s1. The van der Waals surface area contributed by atoms with Gasteiger partial charge in [-0.1, -0.05) is 13.8 Å². The van der Waals surface area contributed by atoms with Crippen LogP contribution in [0.1, 0.15) is 48.0 Å². The Morgan fingerprint density at radius 3 is 2.17 bits per heavy atom. The van der Waals surface area contributed by atoms with E-state index in [4.69, 9.17) is 28.4 Å². The highest BCUT2D eigenvalue weighted by molar-refractivity contribution is 5.00. The second-order valence-corrected chi connectivity index (χ2v) is 7.97. The second-order valence-electron chi connectivity index (χ2n) is 7.97. The van der Waals surface area contributed by atoms with E-state index in [1.54, 1.807) is 0 Å². The summed E-state index contributed by atoms with van der Waals surface area (Å²) >= 11 is 0. The maximum absolute atomic E-state index is 6.08. The minimum Gasteiger partial charge on any atom is -0.379 e. The van der Waals surface area contributed by atoms with Gasteiger partial charge < -0.3 is 28.4 Å². The van der Waals surface area contributed by atoms with Crippen LogP contribution in [0.2, 0.25) is 0 Å². The molecule has 6 heteroatoms. The molecule has 3 heterocycles. The minimum absolute atomic E-state index is 0.204. The summed E-state index contributed by atoms with van der Waals surface area (Å²) in [6.07, 6.45) is -0.312. The first-order valence-corrected chi connectivity index (χ1v) is 8.61. The summed E-state index contributed by atoms with van der Waals surface area (Å²) in [7, 11) is 0. The maximum atomic E-state index is 6.08. The molecule has 23 heavy (non-hydrogen) atoms. The molecule has 5 atom stereocenters. The quantitative estimate of drug-likeness (QED) is 0.722. The van der Waals surface area contributed by atoms with Crippen molar-refractivity contribution in [3.8, 4) is 0 Å². The predicted octanol–water partition coefficient (Wildman–Crippen LogP) is 2.45. The molecule has 3 rings (SSSR count). The van der Waals surface area contributed by atoms with Crippen molar-refractivity contribution in [2.75, 3.05) is 13.2 Å². The molecule has 0 saturated carbocycles. The molecule has 134 valence electrons. The highest BCUT2D eigenvalue weighted by atomic mass is 16.9. The molecule has 0 bridgehead atoms. The van der Waals surface area contributed by atoms with E-state index in [9.17, 15) is 0 Å². The summed E-state index contributed by atoms with van der Waals surface area (Å²) in [6.45, 7) is 13.2. The van der Waals surface area contributed by atoms with E-state index in [2.05, 4.69) is 13.8 Å². The van der Waals surface area contributed by atoms with E-state index in [0.717, 1.165) is 13.0 Å². The Hall–Kier alpha value is -0.240. The molecule has 0 aromatic carbocycles. The zero-order chi connectivity index (χ0) is 16.8. The van der Waals surface area contributed by atoms with Crippen molar-refractivity contribution < 1.29 is 28.4 Å². The van der Waals surface area contributed by atoms with Crippen LogP contribution in [-0.2, 0) is 28.4 Å². The van der Waals surface area contributed by atoms with Crippen molar-refractivity contribution in [3.05, 3.63) is 0 Å². The van der Waals surface area contributed by atoms with Crippen molar-refractivity contribution >= 4 is 0 Å². The summed E-state index contributed by atoms with van der Waals surface area (Å²) in [5.41, 5.74) is 0.